The molecule has 51 heavy (non-hydrogen) atoms. The molecule has 0 radical (unpaired) electrons. The van der Waals surface area contributed by atoms with Crippen molar-refractivity contribution < 1.29 is 48.3 Å². The molecule has 1 aromatic rings. The number of ether oxygens (including phenoxy) is 1. The Morgan fingerprint density at radius 1 is 0.824 bits per heavy atom. The first-order chi connectivity index (χ1) is 24.1. The molecule has 0 unspecified atom stereocenters. The fraction of sp³-hybridized carbons (Fsp3) is 0.594. The van der Waals surface area contributed by atoms with Gasteiger partial charge in [-0.05, 0) is 68.7 Å². The van der Waals surface area contributed by atoms with E-state index in [4.69, 9.17) is 10.8 Å². The van der Waals surface area contributed by atoms with Crippen molar-refractivity contribution in [2.24, 2.45) is 11.7 Å². The second-order valence-electron chi connectivity index (χ2n) is 11.8. The van der Waals surface area contributed by atoms with Gasteiger partial charge in [-0.2, -0.15) is 11.8 Å². The Kier molecular flexibility index (Phi) is 20.5. The summed E-state index contributed by atoms with van der Waals surface area (Å²) in [5.41, 5.74) is 5.75. The number of non-ortho nitro benzene ring substituents is 1. The first-order valence-electron chi connectivity index (χ1n) is 16.4. The molecule has 0 fully saturated rings. The van der Waals surface area contributed by atoms with Gasteiger partial charge in [0.25, 0.3) is 5.69 Å². The largest absolute Gasteiger partial charge is 0.481 e. The summed E-state index contributed by atoms with van der Waals surface area (Å²) in [5, 5.41) is 33.1. The molecule has 0 spiro atoms. The number of amides is 5. The second-order valence-corrected chi connectivity index (χ2v) is 12.8. The highest BCUT2D eigenvalue weighted by Crippen LogP contribution is 2.16. The number of rotatable bonds is 24. The summed E-state index contributed by atoms with van der Waals surface area (Å²) < 4.78 is 4.51. The number of hydrogen-bond donors (Lipinski definition) is 7. The van der Waals surface area contributed by atoms with E-state index in [9.17, 15) is 43.7 Å². The number of aliphatic carboxylic acids is 1. The molecule has 4 atom stereocenters. The number of carbonyl (C=O) groups excluding carboxylic acids is 6. The third kappa shape index (κ3) is 17.1. The Hall–Kier alpha value is -4.78. The number of esters is 1. The number of nitro groups is 1. The van der Waals surface area contributed by atoms with Crippen molar-refractivity contribution in [3.8, 4) is 0 Å². The molecule has 8 N–H and O–H groups in total. The van der Waals surface area contributed by atoms with Crippen LogP contribution in [0, 0.1) is 16.0 Å². The van der Waals surface area contributed by atoms with Crippen LogP contribution < -0.4 is 32.3 Å². The number of nitrogens with zero attached hydrogens (tertiary/aromatic N) is 1. The average Bonchev–Trinajstić information content (AvgIpc) is 3.08. The number of unbranched alkanes of at least 4 members (excludes halogenated alkanes) is 1. The van der Waals surface area contributed by atoms with E-state index in [-0.39, 0.29) is 43.5 Å². The zero-order valence-corrected chi connectivity index (χ0v) is 30.0. The Morgan fingerprint density at radius 3 is 1.96 bits per heavy atom. The van der Waals surface area contributed by atoms with Gasteiger partial charge in [0.15, 0.2) is 0 Å². The van der Waals surface area contributed by atoms with Gasteiger partial charge in [-0.25, -0.2) is 0 Å². The molecule has 1 rings (SSSR count). The fourth-order valence-corrected chi connectivity index (χ4v) is 5.08. The van der Waals surface area contributed by atoms with Crippen molar-refractivity contribution in [2.75, 3.05) is 31.0 Å². The maximum Gasteiger partial charge on any atom is 0.306 e. The molecule has 0 saturated heterocycles. The van der Waals surface area contributed by atoms with Crippen molar-refractivity contribution in [3.05, 3.63) is 34.4 Å². The van der Waals surface area contributed by atoms with E-state index < -0.39 is 82.9 Å². The van der Waals surface area contributed by atoms with Crippen LogP contribution in [0.2, 0.25) is 0 Å². The van der Waals surface area contributed by atoms with Crippen molar-refractivity contribution in [2.45, 2.75) is 89.4 Å². The minimum absolute atomic E-state index is 0.143. The number of carboxylic acids is 1. The Balaban J connectivity index is 3.16. The lowest BCUT2D eigenvalue weighted by molar-refractivity contribution is -0.384. The van der Waals surface area contributed by atoms with Gasteiger partial charge in [-0.1, -0.05) is 13.8 Å². The SMILES string of the molecule is COC(=O)CCC(=O)N[C@@H](CCC(=O)O)C(=O)N[C@H](C(=O)N[C@@H](CCCCN)C(=O)N[C@@H](CCSC)C(=O)Nc1ccc([N+](=O)[O-])cc1)C(C)C. The summed E-state index contributed by atoms with van der Waals surface area (Å²) >= 11 is 1.44. The van der Waals surface area contributed by atoms with E-state index in [1.807, 2.05) is 6.26 Å². The van der Waals surface area contributed by atoms with Crippen LogP contribution in [0.25, 0.3) is 0 Å². The number of anilines is 1. The molecular weight excluding hydrogens is 690 g/mol. The highest BCUT2D eigenvalue weighted by Gasteiger charge is 2.33. The third-order valence-corrected chi connectivity index (χ3v) is 8.14. The molecule has 1 aromatic carbocycles. The molecule has 0 bridgehead atoms. The van der Waals surface area contributed by atoms with E-state index in [0.717, 1.165) is 7.11 Å². The van der Waals surface area contributed by atoms with Crippen LogP contribution in [-0.4, -0.2) is 101 Å². The van der Waals surface area contributed by atoms with Gasteiger partial charge in [-0.15, -0.1) is 0 Å². The molecule has 0 aliphatic rings. The first kappa shape index (κ1) is 44.2. The molecule has 0 aliphatic heterocycles. The number of thioether (sulfide) groups is 1. The van der Waals surface area contributed by atoms with Crippen LogP contribution in [0.1, 0.15) is 65.2 Å². The van der Waals surface area contributed by atoms with E-state index >= 15 is 0 Å². The third-order valence-electron chi connectivity index (χ3n) is 7.50. The van der Waals surface area contributed by atoms with E-state index in [0.29, 0.717) is 25.1 Å². The number of methoxy groups -OCH3 is 1. The molecule has 0 aliphatic carbocycles. The Labute approximate surface area is 300 Å². The monoisotopic (exact) mass is 739 g/mol. The van der Waals surface area contributed by atoms with Crippen LogP contribution in [0.5, 0.6) is 0 Å². The van der Waals surface area contributed by atoms with Crippen molar-refractivity contribution >= 4 is 64.6 Å². The normalized spacial score (nSPS) is 13.1. The van der Waals surface area contributed by atoms with E-state index in [1.54, 1.807) is 13.8 Å². The van der Waals surface area contributed by atoms with Crippen LogP contribution in [0.4, 0.5) is 11.4 Å². The Morgan fingerprint density at radius 2 is 1.41 bits per heavy atom. The van der Waals surface area contributed by atoms with Crippen LogP contribution >= 0.6 is 11.8 Å². The van der Waals surface area contributed by atoms with E-state index in [1.165, 1.54) is 36.0 Å². The van der Waals surface area contributed by atoms with E-state index in [2.05, 4.69) is 31.3 Å². The molecule has 18 nitrogen and oxygen atoms in total. The number of benzene rings is 1. The zero-order valence-electron chi connectivity index (χ0n) is 29.2. The van der Waals surface area contributed by atoms with Crippen molar-refractivity contribution in [1.82, 2.24) is 21.3 Å². The van der Waals surface area contributed by atoms with Gasteiger partial charge in [0.2, 0.25) is 29.5 Å². The minimum atomic E-state index is -1.35. The first-order valence-corrected chi connectivity index (χ1v) is 17.8. The summed E-state index contributed by atoms with van der Waals surface area (Å²) in [6, 6.07) is 0.422. The number of carboxylic acid groups (broad SMARTS) is 1. The smallest absolute Gasteiger partial charge is 0.306 e. The van der Waals surface area contributed by atoms with Crippen LogP contribution in [0.3, 0.4) is 0 Å². The van der Waals surface area contributed by atoms with Gasteiger partial charge in [0.05, 0.1) is 18.5 Å². The van der Waals surface area contributed by atoms with Gasteiger partial charge in [0.1, 0.15) is 24.2 Å². The predicted octanol–water partition coefficient (Wildman–Crippen LogP) is 0.829. The number of hydrogen-bond acceptors (Lipinski definition) is 12. The molecule has 19 heteroatoms. The number of nitrogens with two attached hydrogens (primary N) is 1. The summed E-state index contributed by atoms with van der Waals surface area (Å²) in [6.07, 6.45) is 1.79. The lowest BCUT2D eigenvalue weighted by Crippen LogP contribution is -2.59. The van der Waals surface area contributed by atoms with Crippen molar-refractivity contribution in [3.63, 3.8) is 0 Å². The number of nitro benzene ring substituents is 1. The quantitative estimate of drug-likeness (QED) is 0.0335. The molecule has 0 saturated carbocycles. The topological polar surface area (TPSA) is 278 Å². The minimum Gasteiger partial charge on any atom is -0.481 e. The average molecular weight is 740 g/mol. The second kappa shape index (κ2) is 23.6. The lowest BCUT2D eigenvalue weighted by Gasteiger charge is -2.28. The van der Waals surface area contributed by atoms with Crippen LogP contribution in [-0.2, 0) is 38.3 Å². The fourth-order valence-electron chi connectivity index (χ4n) is 4.61. The lowest BCUT2D eigenvalue weighted by atomic mass is 10.0. The van der Waals surface area contributed by atoms with Gasteiger partial charge >= 0.3 is 11.9 Å². The molecular formula is C32H49N7O11S. The molecule has 5 amide bonds. The molecule has 0 aromatic heterocycles. The standard InChI is InChI=1S/C32H49N7O11S/c1-19(2)28(38-31(46)23(12-14-26(41)42)35-25(40)13-15-27(43)50-3)32(47)37-22(7-5-6-17-33)30(45)36-24(16-18-51-4)29(44)34-20-8-10-21(11-9-20)39(48)49/h8-11,19,22-24,28H,5-7,12-18,33H2,1-4H3,(H,34,44)(H,35,40)(H,36,45)(H,37,47)(H,38,46)(H,41,42)/t22-,23-,24-,28-/m0/s1. The zero-order chi connectivity index (χ0) is 38.5. The maximum absolute atomic E-state index is 13.6. The summed E-state index contributed by atoms with van der Waals surface area (Å²) in [5.74, 6) is -5.45. The van der Waals surface area contributed by atoms with Crippen molar-refractivity contribution in [1.29, 1.82) is 0 Å². The highest BCUT2D eigenvalue weighted by molar-refractivity contribution is 7.98. The van der Waals surface area contributed by atoms with Gasteiger partial charge in [-0.3, -0.25) is 43.7 Å². The maximum atomic E-state index is 13.6. The predicted molar refractivity (Wildman–Crippen MR) is 188 cm³/mol. The highest BCUT2D eigenvalue weighted by atomic mass is 32.2. The van der Waals surface area contributed by atoms with Crippen LogP contribution in [0.15, 0.2) is 24.3 Å². The number of carbonyl (C=O) groups is 7. The van der Waals surface area contributed by atoms with Gasteiger partial charge in [0, 0.05) is 30.7 Å². The summed E-state index contributed by atoms with van der Waals surface area (Å²) in [4.78, 5) is 99.2. The molecule has 0 heterocycles. The summed E-state index contributed by atoms with van der Waals surface area (Å²) in [7, 11) is 1.15. The number of nitrogens with one attached hydrogen (secondary N) is 5. The summed E-state index contributed by atoms with van der Waals surface area (Å²) in [6.45, 7) is 3.59. The molecule has 284 valence electrons. The van der Waals surface area contributed by atoms with Gasteiger partial charge < -0.3 is 42.2 Å². The Bertz CT molecular complexity index is 1360.